The number of ether oxygens (including phenoxy) is 1. The zero-order valence-electron chi connectivity index (χ0n) is 20.5. The Balaban J connectivity index is 1.43. The Bertz CT molecular complexity index is 1740. The van der Waals surface area contributed by atoms with Gasteiger partial charge >= 0.3 is 0 Å². The van der Waals surface area contributed by atoms with Crippen molar-refractivity contribution in [2.75, 3.05) is 13.7 Å². The first-order chi connectivity index (χ1) is 18.1. The molecule has 37 heavy (non-hydrogen) atoms. The standard InChI is InChI=1S/C29H25FN6O/c1-3-31-14-17-8-20(16-32-15-17)18-4-5-26-23(11-18)29(36-35-26)27-13-24-25(34-27)6-7-33-28(24)19-9-21(30)12-22(10-19)37-2/h4-13,15-16,31,34H,3,14H2,1-2H3,(H,35,36). The Kier molecular flexibility index (Phi) is 5.86. The van der Waals surface area contributed by atoms with Crippen LogP contribution in [0.4, 0.5) is 4.39 Å². The first kappa shape index (κ1) is 22.9. The molecule has 0 fully saturated rings. The molecule has 0 saturated carbocycles. The van der Waals surface area contributed by atoms with Crippen LogP contribution in [0.2, 0.25) is 0 Å². The minimum absolute atomic E-state index is 0.376. The molecule has 7 nitrogen and oxygen atoms in total. The number of rotatable bonds is 7. The van der Waals surface area contributed by atoms with Crippen LogP contribution in [0.25, 0.3) is 55.6 Å². The molecule has 6 rings (SSSR count). The number of benzene rings is 2. The maximum Gasteiger partial charge on any atom is 0.127 e. The molecule has 0 aliphatic rings. The van der Waals surface area contributed by atoms with Gasteiger partial charge in [-0.3, -0.25) is 15.1 Å². The Labute approximate surface area is 212 Å². The summed E-state index contributed by atoms with van der Waals surface area (Å²) in [6.45, 7) is 3.77. The van der Waals surface area contributed by atoms with Crippen LogP contribution in [0.15, 0.2) is 73.2 Å². The number of nitrogens with zero attached hydrogens (tertiary/aromatic N) is 3. The van der Waals surface area contributed by atoms with E-state index in [0.29, 0.717) is 17.0 Å². The molecule has 8 heteroatoms. The number of halogens is 1. The average Bonchev–Trinajstić information content (AvgIpc) is 3.55. The summed E-state index contributed by atoms with van der Waals surface area (Å²) < 4.78 is 19.5. The van der Waals surface area contributed by atoms with Crippen molar-refractivity contribution in [2.24, 2.45) is 0 Å². The van der Waals surface area contributed by atoms with Crippen molar-refractivity contribution >= 4 is 21.8 Å². The summed E-state index contributed by atoms with van der Waals surface area (Å²) in [6.07, 6.45) is 5.48. The third-order valence-corrected chi connectivity index (χ3v) is 6.45. The molecule has 0 radical (unpaired) electrons. The summed E-state index contributed by atoms with van der Waals surface area (Å²) in [5, 5.41) is 13.0. The van der Waals surface area contributed by atoms with E-state index in [0.717, 1.165) is 63.0 Å². The summed E-state index contributed by atoms with van der Waals surface area (Å²) in [5.74, 6) is 0.0678. The first-order valence-corrected chi connectivity index (χ1v) is 12.1. The van der Waals surface area contributed by atoms with E-state index in [2.05, 4.69) is 55.6 Å². The lowest BCUT2D eigenvalue weighted by atomic mass is 10.0. The average molecular weight is 493 g/mol. The summed E-state index contributed by atoms with van der Waals surface area (Å²) in [5.41, 5.74) is 8.02. The van der Waals surface area contributed by atoms with Crippen molar-refractivity contribution in [3.63, 3.8) is 0 Å². The third kappa shape index (κ3) is 4.32. The molecule has 0 unspecified atom stereocenters. The maximum atomic E-state index is 14.2. The van der Waals surface area contributed by atoms with E-state index in [9.17, 15) is 4.39 Å². The Morgan fingerprint density at radius 1 is 0.892 bits per heavy atom. The highest BCUT2D eigenvalue weighted by atomic mass is 19.1. The zero-order valence-corrected chi connectivity index (χ0v) is 20.5. The van der Waals surface area contributed by atoms with Crippen LogP contribution >= 0.6 is 0 Å². The fraction of sp³-hybridized carbons (Fsp3) is 0.138. The molecule has 0 atom stereocenters. The number of hydrogen-bond acceptors (Lipinski definition) is 5. The molecule has 0 aliphatic carbocycles. The number of fused-ring (bicyclic) bond motifs is 2. The normalized spacial score (nSPS) is 11.4. The number of pyridine rings is 2. The second-order valence-corrected chi connectivity index (χ2v) is 8.88. The van der Waals surface area contributed by atoms with E-state index in [4.69, 9.17) is 4.74 Å². The maximum absolute atomic E-state index is 14.2. The van der Waals surface area contributed by atoms with Crippen LogP contribution in [0, 0.1) is 5.82 Å². The zero-order chi connectivity index (χ0) is 25.4. The quantitative estimate of drug-likeness (QED) is 0.251. The van der Waals surface area contributed by atoms with Gasteiger partial charge in [0.2, 0.25) is 0 Å². The van der Waals surface area contributed by atoms with Gasteiger partial charge in [0, 0.05) is 58.6 Å². The van der Waals surface area contributed by atoms with E-state index < -0.39 is 0 Å². The molecule has 6 aromatic rings. The molecule has 3 N–H and O–H groups in total. The summed E-state index contributed by atoms with van der Waals surface area (Å²) in [6, 6.07) is 16.9. The lowest BCUT2D eigenvalue weighted by molar-refractivity contribution is 0.411. The molecule has 0 saturated heterocycles. The van der Waals surface area contributed by atoms with Crippen molar-refractivity contribution in [3.05, 3.63) is 84.6 Å². The van der Waals surface area contributed by atoms with E-state index in [1.807, 2.05) is 30.6 Å². The van der Waals surface area contributed by atoms with Crippen LogP contribution in [-0.2, 0) is 6.54 Å². The van der Waals surface area contributed by atoms with Crippen molar-refractivity contribution in [2.45, 2.75) is 13.5 Å². The van der Waals surface area contributed by atoms with Crippen LogP contribution < -0.4 is 10.1 Å². The van der Waals surface area contributed by atoms with Crippen molar-refractivity contribution < 1.29 is 9.13 Å². The first-order valence-electron chi connectivity index (χ1n) is 12.1. The van der Waals surface area contributed by atoms with Gasteiger partial charge in [0.1, 0.15) is 17.3 Å². The van der Waals surface area contributed by atoms with Crippen molar-refractivity contribution in [1.29, 1.82) is 0 Å². The molecule has 0 bridgehead atoms. The van der Waals surface area contributed by atoms with E-state index in [1.165, 1.54) is 19.2 Å². The van der Waals surface area contributed by atoms with Crippen LogP contribution in [0.3, 0.4) is 0 Å². The third-order valence-electron chi connectivity index (χ3n) is 6.45. The molecular weight excluding hydrogens is 467 g/mol. The lowest BCUT2D eigenvalue weighted by Crippen LogP contribution is -2.11. The van der Waals surface area contributed by atoms with Gasteiger partial charge < -0.3 is 15.0 Å². The number of aromatic amines is 2. The van der Waals surface area contributed by atoms with Crippen molar-refractivity contribution in [3.8, 4) is 39.5 Å². The lowest BCUT2D eigenvalue weighted by Gasteiger charge is -2.06. The largest absolute Gasteiger partial charge is 0.497 e. The fourth-order valence-electron chi connectivity index (χ4n) is 4.64. The molecule has 0 aliphatic heterocycles. The van der Waals surface area contributed by atoms with Gasteiger partial charge in [-0.1, -0.05) is 13.0 Å². The number of hydrogen-bond donors (Lipinski definition) is 3. The molecular formula is C29H25FN6O. The summed E-state index contributed by atoms with van der Waals surface area (Å²) in [7, 11) is 1.52. The van der Waals surface area contributed by atoms with E-state index >= 15 is 0 Å². The molecule has 2 aromatic carbocycles. The van der Waals surface area contributed by atoms with E-state index in [-0.39, 0.29) is 5.82 Å². The SMILES string of the molecule is CCNCc1cncc(-c2ccc3[nH]nc(-c4cc5c(-c6cc(F)cc(OC)c6)nccc5[nH]4)c3c2)c1. The van der Waals surface area contributed by atoms with Gasteiger partial charge in [-0.2, -0.15) is 5.10 Å². The van der Waals surface area contributed by atoms with Gasteiger partial charge in [0.15, 0.2) is 0 Å². The summed E-state index contributed by atoms with van der Waals surface area (Å²) in [4.78, 5) is 12.5. The molecule has 4 aromatic heterocycles. The predicted octanol–water partition coefficient (Wildman–Crippen LogP) is 6.09. The second kappa shape index (κ2) is 9.48. The monoisotopic (exact) mass is 492 g/mol. The van der Waals surface area contributed by atoms with Crippen LogP contribution in [0.1, 0.15) is 12.5 Å². The highest BCUT2D eigenvalue weighted by Crippen LogP contribution is 2.35. The Hall–Kier alpha value is -4.56. The van der Waals surface area contributed by atoms with Gasteiger partial charge in [0.05, 0.1) is 24.0 Å². The number of methoxy groups -OCH3 is 1. The summed E-state index contributed by atoms with van der Waals surface area (Å²) >= 11 is 0. The number of H-pyrrole nitrogens is 2. The van der Waals surface area contributed by atoms with Gasteiger partial charge in [-0.05, 0) is 60.1 Å². The molecule has 0 amide bonds. The Morgan fingerprint density at radius 3 is 2.65 bits per heavy atom. The van der Waals surface area contributed by atoms with Crippen molar-refractivity contribution in [1.82, 2.24) is 30.5 Å². The topological polar surface area (TPSA) is 91.5 Å². The second-order valence-electron chi connectivity index (χ2n) is 8.88. The van der Waals surface area contributed by atoms with Gasteiger partial charge in [-0.15, -0.1) is 0 Å². The smallest absolute Gasteiger partial charge is 0.127 e. The highest BCUT2D eigenvalue weighted by Gasteiger charge is 2.16. The predicted molar refractivity (Wildman–Crippen MR) is 144 cm³/mol. The van der Waals surface area contributed by atoms with Gasteiger partial charge in [-0.25, -0.2) is 4.39 Å². The molecule has 4 heterocycles. The molecule has 0 spiro atoms. The van der Waals surface area contributed by atoms with Crippen LogP contribution in [0.5, 0.6) is 5.75 Å². The van der Waals surface area contributed by atoms with E-state index in [1.54, 1.807) is 12.3 Å². The Morgan fingerprint density at radius 2 is 1.78 bits per heavy atom. The number of aromatic nitrogens is 5. The molecule has 184 valence electrons. The van der Waals surface area contributed by atoms with Gasteiger partial charge in [0.25, 0.3) is 0 Å². The number of nitrogens with one attached hydrogen (secondary N) is 3. The minimum atomic E-state index is -0.376. The van der Waals surface area contributed by atoms with Crippen LogP contribution in [-0.4, -0.2) is 38.8 Å². The fourth-order valence-corrected chi connectivity index (χ4v) is 4.64. The minimum Gasteiger partial charge on any atom is -0.497 e. The highest BCUT2D eigenvalue weighted by molar-refractivity contribution is 6.00.